The number of rotatable bonds is 3. The highest BCUT2D eigenvalue weighted by molar-refractivity contribution is 5.58. The Labute approximate surface area is 90.9 Å². The Morgan fingerprint density at radius 1 is 1.33 bits per heavy atom. The van der Waals surface area contributed by atoms with E-state index in [1.54, 1.807) is 12.1 Å². The van der Waals surface area contributed by atoms with Gasteiger partial charge in [-0.05, 0) is 43.0 Å². The Morgan fingerprint density at radius 3 is 2.73 bits per heavy atom. The molecule has 0 N–H and O–H groups in total. The van der Waals surface area contributed by atoms with Gasteiger partial charge >= 0.3 is 0 Å². The van der Waals surface area contributed by atoms with Crippen molar-refractivity contribution >= 4 is 5.69 Å². The second-order valence-corrected chi connectivity index (χ2v) is 4.19. The van der Waals surface area contributed by atoms with Crippen LogP contribution in [0.25, 0.3) is 0 Å². The first-order valence-electron chi connectivity index (χ1n) is 5.81. The standard InChI is InChI=1S/C13H18FN/c1-3-12(4-2)15-8-7-10-9-11(14)5-6-13(10)15/h5-6,9,12H,3-4,7-8H2,1-2H3. The van der Waals surface area contributed by atoms with Crippen molar-refractivity contribution in [3.8, 4) is 0 Å². The van der Waals surface area contributed by atoms with Crippen molar-refractivity contribution in [2.75, 3.05) is 11.4 Å². The number of halogens is 1. The van der Waals surface area contributed by atoms with Gasteiger partial charge in [-0.15, -0.1) is 0 Å². The van der Waals surface area contributed by atoms with Crippen molar-refractivity contribution in [2.45, 2.75) is 39.2 Å². The van der Waals surface area contributed by atoms with Crippen LogP contribution in [0.1, 0.15) is 32.3 Å². The molecule has 0 fully saturated rings. The van der Waals surface area contributed by atoms with E-state index in [1.165, 1.54) is 11.3 Å². The van der Waals surface area contributed by atoms with Crippen molar-refractivity contribution in [2.24, 2.45) is 0 Å². The highest BCUT2D eigenvalue weighted by Crippen LogP contribution is 2.31. The van der Waals surface area contributed by atoms with Gasteiger partial charge in [0.05, 0.1) is 0 Å². The van der Waals surface area contributed by atoms with Gasteiger partial charge in [0, 0.05) is 18.3 Å². The van der Waals surface area contributed by atoms with Gasteiger partial charge in [0.1, 0.15) is 5.82 Å². The van der Waals surface area contributed by atoms with Crippen molar-refractivity contribution in [3.63, 3.8) is 0 Å². The highest BCUT2D eigenvalue weighted by atomic mass is 19.1. The van der Waals surface area contributed by atoms with Gasteiger partial charge in [-0.3, -0.25) is 0 Å². The Morgan fingerprint density at radius 2 is 2.07 bits per heavy atom. The van der Waals surface area contributed by atoms with Gasteiger partial charge < -0.3 is 4.90 Å². The molecule has 0 saturated carbocycles. The van der Waals surface area contributed by atoms with Crippen LogP contribution in [-0.2, 0) is 6.42 Å². The van der Waals surface area contributed by atoms with Crippen molar-refractivity contribution in [1.82, 2.24) is 0 Å². The third kappa shape index (κ3) is 1.85. The normalized spacial score (nSPS) is 14.8. The largest absolute Gasteiger partial charge is 0.368 e. The van der Waals surface area contributed by atoms with E-state index < -0.39 is 0 Å². The van der Waals surface area contributed by atoms with Crippen LogP contribution >= 0.6 is 0 Å². The Balaban J connectivity index is 2.28. The van der Waals surface area contributed by atoms with Gasteiger partial charge in [0.2, 0.25) is 0 Å². The van der Waals surface area contributed by atoms with E-state index >= 15 is 0 Å². The molecule has 0 spiro atoms. The minimum atomic E-state index is -0.111. The predicted molar refractivity (Wildman–Crippen MR) is 61.8 cm³/mol. The zero-order valence-corrected chi connectivity index (χ0v) is 9.46. The van der Waals surface area contributed by atoms with Crippen LogP contribution in [0, 0.1) is 5.82 Å². The molecule has 0 atom stereocenters. The van der Waals surface area contributed by atoms with Crippen LogP contribution < -0.4 is 4.90 Å². The molecule has 15 heavy (non-hydrogen) atoms. The van der Waals surface area contributed by atoms with E-state index in [1.807, 2.05) is 6.07 Å². The van der Waals surface area contributed by atoms with E-state index in [4.69, 9.17) is 0 Å². The lowest BCUT2D eigenvalue weighted by atomic mass is 10.1. The molecule has 0 aromatic heterocycles. The van der Waals surface area contributed by atoms with E-state index in [9.17, 15) is 4.39 Å². The fourth-order valence-corrected chi connectivity index (χ4v) is 2.50. The summed E-state index contributed by atoms with van der Waals surface area (Å²) in [7, 11) is 0. The topological polar surface area (TPSA) is 3.24 Å². The summed E-state index contributed by atoms with van der Waals surface area (Å²) in [4.78, 5) is 2.43. The number of benzene rings is 1. The SMILES string of the molecule is CCC(CC)N1CCc2cc(F)ccc21. The minimum Gasteiger partial charge on any atom is -0.368 e. The summed E-state index contributed by atoms with van der Waals surface area (Å²) < 4.78 is 13.0. The number of anilines is 1. The third-order valence-electron chi connectivity index (χ3n) is 3.36. The number of nitrogens with zero attached hydrogens (tertiary/aromatic N) is 1. The molecule has 0 aliphatic carbocycles. The lowest BCUT2D eigenvalue weighted by molar-refractivity contribution is 0.571. The molecular weight excluding hydrogens is 189 g/mol. The molecule has 1 nitrogen and oxygen atoms in total. The second-order valence-electron chi connectivity index (χ2n) is 4.19. The zero-order chi connectivity index (χ0) is 10.8. The van der Waals surface area contributed by atoms with Gasteiger partial charge in [0.25, 0.3) is 0 Å². The Hall–Kier alpha value is -1.05. The third-order valence-corrected chi connectivity index (χ3v) is 3.36. The lowest BCUT2D eigenvalue weighted by Crippen LogP contribution is -2.32. The molecule has 0 unspecified atom stereocenters. The maximum atomic E-state index is 13.0. The van der Waals surface area contributed by atoms with E-state index in [-0.39, 0.29) is 5.82 Å². The minimum absolute atomic E-state index is 0.111. The summed E-state index contributed by atoms with van der Waals surface area (Å²) in [6.45, 7) is 5.48. The van der Waals surface area contributed by atoms with Crippen molar-refractivity contribution < 1.29 is 4.39 Å². The first-order chi connectivity index (χ1) is 7.26. The van der Waals surface area contributed by atoms with Crippen LogP contribution in [-0.4, -0.2) is 12.6 Å². The lowest BCUT2D eigenvalue weighted by Gasteiger charge is -2.28. The van der Waals surface area contributed by atoms with Crippen LogP contribution in [0.2, 0.25) is 0 Å². The quantitative estimate of drug-likeness (QED) is 0.734. The summed E-state index contributed by atoms with van der Waals surface area (Å²) in [5.74, 6) is -0.111. The number of hydrogen-bond acceptors (Lipinski definition) is 1. The molecule has 82 valence electrons. The zero-order valence-electron chi connectivity index (χ0n) is 9.46. The maximum Gasteiger partial charge on any atom is 0.123 e. The van der Waals surface area contributed by atoms with Crippen LogP contribution in [0.3, 0.4) is 0 Å². The first-order valence-corrected chi connectivity index (χ1v) is 5.81. The fourth-order valence-electron chi connectivity index (χ4n) is 2.50. The molecule has 1 aliphatic rings. The monoisotopic (exact) mass is 207 g/mol. The second kappa shape index (κ2) is 4.21. The fraction of sp³-hybridized carbons (Fsp3) is 0.538. The molecule has 1 heterocycles. The Bertz CT molecular complexity index is 344. The predicted octanol–water partition coefficient (Wildman–Crippen LogP) is 3.38. The average Bonchev–Trinajstić information content (AvgIpc) is 2.63. The van der Waals surface area contributed by atoms with Crippen LogP contribution in [0.5, 0.6) is 0 Å². The summed E-state index contributed by atoms with van der Waals surface area (Å²) in [5, 5.41) is 0. The smallest absolute Gasteiger partial charge is 0.123 e. The van der Waals surface area contributed by atoms with Gasteiger partial charge in [-0.1, -0.05) is 13.8 Å². The molecule has 0 radical (unpaired) electrons. The van der Waals surface area contributed by atoms with E-state index in [2.05, 4.69) is 18.7 Å². The molecule has 1 aromatic carbocycles. The van der Waals surface area contributed by atoms with Crippen LogP contribution in [0.4, 0.5) is 10.1 Å². The molecule has 2 rings (SSSR count). The summed E-state index contributed by atoms with van der Waals surface area (Å²) in [6.07, 6.45) is 3.31. The molecule has 0 bridgehead atoms. The molecule has 1 aliphatic heterocycles. The van der Waals surface area contributed by atoms with Gasteiger partial charge in [0.15, 0.2) is 0 Å². The van der Waals surface area contributed by atoms with E-state index in [0.29, 0.717) is 6.04 Å². The number of hydrogen-bond donors (Lipinski definition) is 0. The molecule has 1 aromatic rings. The summed E-state index contributed by atoms with van der Waals surface area (Å²) in [6, 6.07) is 5.78. The Kier molecular flexibility index (Phi) is 2.94. The first kappa shape index (κ1) is 10.5. The molecule has 0 saturated heterocycles. The molecule has 0 amide bonds. The maximum absolute atomic E-state index is 13.0. The average molecular weight is 207 g/mol. The van der Waals surface area contributed by atoms with Crippen molar-refractivity contribution in [3.05, 3.63) is 29.6 Å². The van der Waals surface area contributed by atoms with Gasteiger partial charge in [-0.2, -0.15) is 0 Å². The van der Waals surface area contributed by atoms with Crippen molar-refractivity contribution in [1.29, 1.82) is 0 Å². The summed E-state index contributed by atoms with van der Waals surface area (Å²) in [5.41, 5.74) is 2.41. The van der Waals surface area contributed by atoms with E-state index in [0.717, 1.165) is 25.8 Å². The van der Waals surface area contributed by atoms with Crippen LogP contribution in [0.15, 0.2) is 18.2 Å². The highest BCUT2D eigenvalue weighted by Gasteiger charge is 2.23. The molecular formula is C13H18FN. The van der Waals surface area contributed by atoms with Gasteiger partial charge in [-0.25, -0.2) is 4.39 Å². The molecule has 2 heteroatoms. The summed E-state index contributed by atoms with van der Waals surface area (Å²) >= 11 is 0. The number of fused-ring (bicyclic) bond motifs is 1.